The minimum atomic E-state index is -1.58. The van der Waals surface area contributed by atoms with Gasteiger partial charge in [0.1, 0.15) is 24.4 Å². The van der Waals surface area contributed by atoms with E-state index in [1.165, 1.54) is 0 Å². The second-order valence-electron chi connectivity index (χ2n) is 16.9. The minimum absolute atomic E-state index is 0.215. The second kappa shape index (κ2) is 45.8. The van der Waals surface area contributed by atoms with Gasteiger partial charge in [-0.2, -0.15) is 0 Å². The number of hydrogen-bond donors (Lipinski definition) is 6. The number of carbonyl (C=O) groups is 1. The van der Waals surface area contributed by atoms with E-state index in [2.05, 4.69) is 153 Å². The van der Waals surface area contributed by atoms with Gasteiger partial charge in [0.2, 0.25) is 5.91 Å². The molecule has 9 nitrogen and oxygen atoms in total. The van der Waals surface area contributed by atoms with Crippen LogP contribution in [0.5, 0.6) is 0 Å². The van der Waals surface area contributed by atoms with Gasteiger partial charge in [-0.1, -0.05) is 192 Å². The Morgan fingerprint density at radius 1 is 0.522 bits per heavy atom. The summed E-state index contributed by atoms with van der Waals surface area (Å²) in [6, 6.07) is -0.837. The van der Waals surface area contributed by atoms with Gasteiger partial charge in [-0.3, -0.25) is 4.79 Å². The number of unbranched alkanes of at least 4 members (excludes halogenated alkanes) is 8. The minimum Gasteiger partial charge on any atom is -0.394 e. The van der Waals surface area contributed by atoms with Gasteiger partial charge in [-0.25, -0.2) is 0 Å². The van der Waals surface area contributed by atoms with Crippen LogP contribution in [0.2, 0.25) is 0 Å². The Kier molecular flexibility index (Phi) is 41.8. The second-order valence-corrected chi connectivity index (χ2v) is 16.9. The van der Waals surface area contributed by atoms with E-state index in [0.29, 0.717) is 6.42 Å². The summed E-state index contributed by atoms with van der Waals surface area (Å²) in [5.41, 5.74) is 0. The summed E-state index contributed by atoms with van der Waals surface area (Å²) in [5, 5.41) is 53.9. The predicted molar refractivity (Wildman–Crippen MR) is 280 cm³/mol. The van der Waals surface area contributed by atoms with E-state index < -0.39 is 49.5 Å². The molecule has 376 valence electrons. The van der Waals surface area contributed by atoms with Crippen molar-refractivity contribution in [1.29, 1.82) is 0 Å². The quantitative estimate of drug-likeness (QED) is 0.0263. The summed E-state index contributed by atoms with van der Waals surface area (Å²) >= 11 is 0. The molecule has 6 N–H and O–H groups in total. The molecular formula is C58H91NO8. The maximum absolute atomic E-state index is 12.9. The Labute approximate surface area is 406 Å². The van der Waals surface area contributed by atoms with Crippen LogP contribution in [0.1, 0.15) is 155 Å². The number of rotatable bonds is 40. The molecule has 0 aromatic carbocycles. The van der Waals surface area contributed by atoms with Crippen LogP contribution >= 0.6 is 0 Å². The van der Waals surface area contributed by atoms with E-state index in [1.807, 2.05) is 6.08 Å². The molecule has 0 aromatic rings. The summed E-state index contributed by atoms with van der Waals surface area (Å²) in [6.45, 7) is 3.48. The highest BCUT2D eigenvalue weighted by Gasteiger charge is 2.44. The number of amides is 1. The lowest BCUT2D eigenvalue weighted by atomic mass is 9.99. The average Bonchev–Trinajstić information content (AvgIpc) is 3.33. The maximum Gasteiger partial charge on any atom is 0.220 e. The Morgan fingerprint density at radius 3 is 1.42 bits per heavy atom. The van der Waals surface area contributed by atoms with Crippen LogP contribution in [-0.2, 0) is 14.3 Å². The zero-order valence-corrected chi connectivity index (χ0v) is 41.3. The van der Waals surface area contributed by atoms with Crippen LogP contribution in [0.25, 0.3) is 0 Å². The molecule has 9 heteroatoms. The van der Waals surface area contributed by atoms with Gasteiger partial charge in [0.15, 0.2) is 6.29 Å². The van der Waals surface area contributed by atoms with Gasteiger partial charge in [0.05, 0.1) is 25.4 Å². The number of hydrogen-bond acceptors (Lipinski definition) is 8. The number of allylic oxidation sites excluding steroid dienone is 23. The van der Waals surface area contributed by atoms with Crippen molar-refractivity contribution in [1.82, 2.24) is 5.32 Å². The summed E-state index contributed by atoms with van der Waals surface area (Å²) in [7, 11) is 0. The summed E-state index contributed by atoms with van der Waals surface area (Å²) < 4.78 is 11.1. The van der Waals surface area contributed by atoms with Gasteiger partial charge in [0.25, 0.3) is 0 Å². The van der Waals surface area contributed by atoms with Crippen LogP contribution in [0.15, 0.2) is 146 Å². The first-order valence-corrected chi connectivity index (χ1v) is 25.6. The number of aliphatic hydroxyl groups excluding tert-OH is 5. The Hall–Kier alpha value is -3.93. The van der Waals surface area contributed by atoms with Crippen LogP contribution in [0, 0.1) is 0 Å². The smallest absolute Gasteiger partial charge is 0.220 e. The lowest BCUT2D eigenvalue weighted by Gasteiger charge is -2.40. The van der Waals surface area contributed by atoms with Crippen molar-refractivity contribution in [2.75, 3.05) is 13.2 Å². The first-order chi connectivity index (χ1) is 32.8. The molecule has 0 aromatic heterocycles. The number of nitrogens with one attached hydrogen (secondary N) is 1. The molecule has 1 fully saturated rings. The van der Waals surface area contributed by atoms with E-state index in [4.69, 9.17) is 9.47 Å². The molecule has 0 saturated carbocycles. The molecule has 7 atom stereocenters. The van der Waals surface area contributed by atoms with Crippen molar-refractivity contribution < 1.29 is 39.8 Å². The predicted octanol–water partition coefficient (Wildman–Crippen LogP) is 11.9. The van der Waals surface area contributed by atoms with Crippen molar-refractivity contribution in [3.63, 3.8) is 0 Å². The summed E-state index contributed by atoms with van der Waals surface area (Å²) in [6.07, 6.45) is 65.1. The molecule has 1 aliphatic heterocycles. The van der Waals surface area contributed by atoms with E-state index in [9.17, 15) is 30.3 Å². The molecule has 0 aliphatic carbocycles. The molecule has 1 amide bonds. The van der Waals surface area contributed by atoms with Crippen molar-refractivity contribution in [2.24, 2.45) is 0 Å². The van der Waals surface area contributed by atoms with Crippen LogP contribution in [0.3, 0.4) is 0 Å². The van der Waals surface area contributed by atoms with Gasteiger partial charge < -0.3 is 40.3 Å². The number of ether oxygens (including phenoxy) is 2. The summed E-state index contributed by atoms with van der Waals surface area (Å²) in [4.78, 5) is 12.9. The van der Waals surface area contributed by atoms with E-state index in [-0.39, 0.29) is 12.5 Å². The third-order valence-electron chi connectivity index (χ3n) is 10.9. The van der Waals surface area contributed by atoms with Gasteiger partial charge in [0, 0.05) is 6.42 Å². The normalized spacial score (nSPS) is 21.0. The highest BCUT2D eigenvalue weighted by Crippen LogP contribution is 2.22. The average molecular weight is 930 g/mol. The molecule has 7 unspecified atom stereocenters. The van der Waals surface area contributed by atoms with E-state index >= 15 is 0 Å². The maximum atomic E-state index is 12.9. The van der Waals surface area contributed by atoms with Crippen LogP contribution < -0.4 is 5.32 Å². The van der Waals surface area contributed by atoms with E-state index in [1.54, 1.807) is 6.08 Å². The van der Waals surface area contributed by atoms with Crippen molar-refractivity contribution in [3.8, 4) is 0 Å². The van der Waals surface area contributed by atoms with Crippen molar-refractivity contribution in [3.05, 3.63) is 146 Å². The third kappa shape index (κ3) is 35.8. The molecule has 1 heterocycles. The zero-order valence-electron chi connectivity index (χ0n) is 41.3. The Bertz CT molecular complexity index is 1550. The number of carbonyl (C=O) groups excluding carboxylic acids is 1. The van der Waals surface area contributed by atoms with Gasteiger partial charge in [-0.05, 0) is 103 Å². The van der Waals surface area contributed by atoms with Crippen molar-refractivity contribution >= 4 is 5.91 Å². The monoisotopic (exact) mass is 930 g/mol. The van der Waals surface area contributed by atoms with Gasteiger partial charge >= 0.3 is 0 Å². The summed E-state index contributed by atoms with van der Waals surface area (Å²) in [5.74, 6) is -0.215. The van der Waals surface area contributed by atoms with Gasteiger partial charge in [-0.15, -0.1) is 0 Å². The third-order valence-corrected chi connectivity index (χ3v) is 10.9. The lowest BCUT2D eigenvalue weighted by Crippen LogP contribution is -2.60. The number of aliphatic hydroxyl groups is 5. The highest BCUT2D eigenvalue weighted by molar-refractivity contribution is 5.76. The molecule has 0 bridgehead atoms. The zero-order chi connectivity index (χ0) is 48.7. The molecule has 1 saturated heterocycles. The Morgan fingerprint density at radius 2 is 0.940 bits per heavy atom. The fourth-order valence-corrected chi connectivity index (χ4v) is 6.85. The first-order valence-electron chi connectivity index (χ1n) is 25.6. The standard InChI is InChI=1S/C58H91NO8/c1-3-5-7-9-11-12-13-14-15-16-17-18-19-20-21-22-23-24-25-26-27-28-29-30-31-32-33-34-35-36-37-38-39-40-42-44-46-48-54(62)59-51(52(61)47-45-43-41-10-8-6-4-2)50-66-58-57(65)56(64)55(63)53(49-60)67-58/h5,7-8,10-12,14-15,17-18,20-21,23-24,26-27,29-30,32-33,35-36,45,47,51-53,55-58,60-61,63-65H,3-4,6,9,13,16,19,22,25,28,31,34,37-44,46,48-50H2,1-2H3,(H,59,62)/b7-5-,10-8+,12-11-,15-14-,18-17-,21-20-,24-23-,27-26-,30-29-,33-32-,36-35-,47-45+. The van der Waals surface area contributed by atoms with Crippen LogP contribution in [-0.4, -0.2) is 87.5 Å². The molecule has 0 radical (unpaired) electrons. The fourth-order valence-electron chi connectivity index (χ4n) is 6.85. The topological polar surface area (TPSA) is 149 Å². The fraction of sp³-hybridized carbons (Fsp3) is 0.569. The molecular weight excluding hydrogens is 839 g/mol. The Balaban J connectivity index is 2.16. The van der Waals surface area contributed by atoms with Crippen LogP contribution in [0.4, 0.5) is 0 Å². The first kappa shape index (κ1) is 61.1. The molecule has 1 rings (SSSR count). The lowest BCUT2D eigenvalue weighted by molar-refractivity contribution is -0.302. The highest BCUT2D eigenvalue weighted by atomic mass is 16.7. The van der Waals surface area contributed by atoms with Crippen molar-refractivity contribution in [2.45, 2.75) is 198 Å². The largest absolute Gasteiger partial charge is 0.394 e. The molecule has 67 heavy (non-hydrogen) atoms. The SMILES string of the molecule is CC/C=C\C/C=C\C/C=C\C/C=C\C/C=C\C/C=C\C/C=C\C/C=C\C/C=C\C/C=C\CCCCCCCCC(=O)NC(COC1OC(CO)C(O)C(O)C1O)C(O)/C=C/CC/C=C/CCC. The molecule has 0 spiro atoms. The molecule has 1 aliphatic rings. The van der Waals surface area contributed by atoms with E-state index in [0.717, 1.165) is 135 Å².